The van der Waals surface area contributed by atoms with Crippen molar-refractivity contribution < 1.29 is 14.3 Å². The lowest BCUT2D eigenvalue weighted by atomic mass is 10.2. The van der Waals surface area contributed by atoms with Gasteiger partial charge in [0, 0.05) is 23.8 Å². The van der Waals surface area contributed by atoms with Crippen molar-refractivity contribution >= 4 is 29.3 Å². The minimum atomic E-state index is -0.562. The average molecular weight is 311 g/mol. The highest BCUT2D eigenvalue weighted by molar-refractivity contribution is 6.30. The van der Waals surface area contributed by atoms with Gasteiger partial charge in [-0.1, -0.05) is 11.6 Å². The highest BCUT2D eigenvalue weighted by Crippen LogP contribution is 2.21. The summed E-state index contributed by atoms with van der Waals surface area (Å²) in [5, 5.41) is 0.624. The molecule has 5 nitrogen and oxygen atoms in total. The van der Waals surface area contributed by atoms with Crippen LogP contribution in [0.2, 0.25) is 5.02 Å². The first-order valence-corrected chi connectivity index (χ1v) is 7.18. The zero-order valence-electron chi connectivity index (χ0n) is 12.4. The molecule has 1 heterocycles. The Kier molecular flexibility index (Phi) is 4.42. The third-order valence-corrected chi connectivity index (χ3v) is 3.26. The molecule has 0 spiro atoms. The zero-order valence-corrected chi connectivity index (χ0v) is 13.2. The van der Waals surface area contributed by atoms with Crippen LogP contribution in [0.5, 0.6) is 0 Å². The highest BCUT2D eigenvalue weighted by atomic mass is 35.5. The van der Waals surface area contributed by atoms with Crippen molar-refractivity contribution in [3.8, 4) is 0 Å². The third kappa shape index (κ3) is 4.11. The second-order valence-corrected chi connectivity index (χ2v) is 6.36. The maximum Gasteiger partial charge on any atom is 0.410 e. The summed E-state index contributed by atoms with van der Waals surface area (Å²) in [6.07, 6.45) is -0.452. The molecule has 0 N–H and O–H groups in total. The van der Waals surface area contributed by atoms with Crippen LogP contribution in [0.25, 0.3) is 0 Å². The molecule has 6 heteroatoms. The molecule has 1 aromatic rings. The Hall–Kier alpha value is -1.75. The fourth-order valence-electron chi connectivity index (χ4n) is 2.05. The second kappa shape index (κ2) is 5.93. The molecule has 114 valence electrons. The topological polar surface area (TPSA) is 49.9 Å². The van der Waals surface area contributed by atoms with Crippen LogP contribution in [-0.4, -0.2) is 42.1 Å². The second-order valence-electron chi connectivity index (χ2n) is 5.92. The minimum absolute atomic E-state index is 0.0253. The molecule has 0 unspecified atom stereocenters. The maximum absolute atomic E-state index is 12.2. The molecule has 1 fully saturated rings. The number of benzene rings is 1. The van der Waals surface area contributed by atoms with Crippen LogP contribution < -0.4 is 4.90 Å². The lowest BCUT2D eigenvalue weighted by Gasteiger charge is -2.35. The first-order valence-electron chi connectivity index (χ1n) is 6.80. The number of carbonyl (C=O) groups is 2. The number of rotatable bonds is 1. The van der Waals surface area contributed by atoms with E-state index in [9.17, 15) is 9.59 Å². The van der Waals surface area contributed by atoms with E-state index in [0.29, 0.717) is 18.1 Å². The number of halogens is 1. The van der Waals surface area contributed by atoms with E-state index in [0.717, 1.165) is 5.69 Å². The van der Waals surface area contributed by atoms with Gasteiger partial charge >= 0.3 is 6.09 Å². The van der Waals surface area contributed by atoms with E-state index in [1.54, 1.807) is 49.9 Å². The number of nitrogens with zero attached hydrogens (tertiary/aromatic N) is 2. The van der Waals surface area contributed by atoms with E-state index in [2.05, 4.69) is 0 Å². The van der Waals surface area contributed by atoms with Gasteiger partial charge in [0.15, 0.2) is 0 Å². The van der Waals surface area contributed by atoms with Crippen LogP contribution in [0.15, 0.2) is 24.3 Å². The van der Waals surface area contributed by atoms with Gasteiger partial charge in [-0.2, -0.15) is 0 Å². The predicted octanol–water partition coefficient (Wildman–Crippen LogP) is 2.92. The molecule has 0 radical (unpaired) electrons. The molecule has 0 atom stereocenters. The zero-order chi connectivity index (χ0) is 15.6. The average Bonchev–Trinajstić information content (AvgIpc) is 2.38. The summed E-state index contributed by atoms with van der Waals surface area (Å²) >= 11 is 5.84. The van der Waals surface area contributed by atoms with Gasteiger partial charge in [0.2, 0.25) is 5.91 Å². The number of ether oxygens (including phenoxy) is 1. The fourth-order valence-corrected chi connectivity index (χ4v) is 2.18. The summed E-state index contributed by atoms with van der Waals surface area (Å²) in [5.74, 6) is -0.130. The number of hydrogen-bond acceptors (Lipinski definition) is 3. The molecule has 21 heavy (non-hydrogen) atoms. The summed E-state index contributed by atoms with van der Waals surface area (Å²) in [6.45, 7) is 6.32. The van der Waals surface area contributed by atoms with Crippen LogP contribution in [0.1, 0.15) is 20.8 Å². The predicted molar refractivity (Wildman–Crippen MR) is 81.6 cm³/mol. The first kappa shape index (κ1) is 15.6. The largest absolute Gasteiger partial charge is 0.444 e. The van der Waals surface area contributed by atoms with Crippen LogP contribution in [0.3, 0.4) is 0 Å². The van der Waals surface area contributed by atoms with Crippen molar-refractivity contribution in [3.63, 3.8) is 0 Å². The van der Waals surface area contributed by atoms with Gasteiger partial charge in [-0.15, -0.1) is 0 Å². The molecule has 0 bridgehead atoms. The van der Waals surface area contributed by atoms with Crippen LogP contribution in [-0.2, 0) is 9.53 Å². The molecule has 0 saturated carbocycles. The Balaban J connectivity index is 2.01. The Bertz CT molecular complexity index is 537. The molecule has 1 saturated heterocycles. The SMILES string of the molecule is CC(C)(C)OC(=O)N1CCN(c2ccc(Cl)cc2)C(=O)C1. The first-order chi connectivity index (χ1) is 9.76. The van der Waals surface area contributed by atoms with Gasteiger partial charge in [0.25, 0.3) is 0 Å². The molecule has 2 rings (SSSR count). The Morgan fingerprint density at radius 3 is 2.33 bits per heavy atom. The number of anilines is 1. The van der Waals surface area contributed by atoms with Crippen LogP contribution in [0.4, 0.5) is 10.5 Å². The Labute approximate surface area is 129 Å². The number of carbonyl (C=O) groups excluding carboxylic acids is 2. The fraction of sp³-hybridized carbons (Fsp3) is 0.467. The maximum atomic E-state index is 12.2. The van der Waals surface area contributed by atoms with Crippen molar-refractivity contribution in [2.24, 2.45) is 0 Å². The van der Waals surface area contributed by atoms with E-state index in [-0.39, 0.29) is 12.5 Å². The van der Waals surface area contributed by atoms with E-state index < -0.39 is 11.7 Å². The van der Waals surface area contributed by atoms with E-state index in [4.69, 9.17) is 16.3 Å². The molecule has 0 aliphatic carbocycles. The van der Waals surface area contributed by atoms with Gasteiger partial charge in [-0.25, -0.2) is 4.79 Å². The standard InChI is InChI=1S/C15H19ClN2O3/c1-15(2,3)21-14(20)17-8-9-18(13(19)10-17)12-6-4-11(16)5-7-12/h4-7H,8-10H2,1-3H3. The molecule has 1 aliphatic heterocycles. The highest BCUT2D eigenvalue weighted by Gasteiger charge is 2.30. The van der Waals surface area contributed by atoms with Gasteiger partial charge < -0.3 is 9.64 Å². The Morgan fingerprint density at radius 2 is 1.81 bits per heavy atom. The molecular weight excluding hydrogens is 292 g/mol. The number of piperazine rings is 1. The summed E-state index contributed by atoms with van der Waals surface area (Å²) < 4.78 is 5.28. The van der Waals surface area contributed by atoms with Crippen LogP contribution in [0, 0.1) is 0 Å². The summed E-state index contributed by atoms with van der Waals surface area (Å²) in [4.78, 5) is 27.2. The molecule has 1 aromatic carbocycles. The summed E-state index contributed by atoms with van der Waals surface area (Å²) in [6, 6.07) is 7.07. The number of hydrogen-bond donors (Lipinski definition) is 0. The summed E-state index contributed by atoms with van der Waals surface area (Å²) in [5.41, 5.74) is 0.223. The lowest BCUT2D eigenvalue weighted by Crippen LogP contribution is -2.53. The molecule has 2 amide bonds. The van der Waals surface area contributed by atoms with Gasteiger partial charge in [-0.05, 0) is 45.0 Å². The number of amides is 2. The Morgan fingerprint density at radius 1 is 1.19 bits per heavy atom. The lowest BCUT2D eigenvalue weighted by molar-refractivity contribution is -0.121. The van der Waals surface area contributed by atoms with E-state index >= 15 is 0 Å². The van der Waals surface area contributed by atoms with Crippen molar-refractivity contribution in [1.82, 2.24) is 4.90 Å². The molecular formula is C15H19ClN2O3. The van der Waals surface area contributed by atoms with Crippen molar-refractivity contribution in [2.45, 2.75) is 26.4 Å². The van der Waals surface area contributed by atoms with Gasteiger partial charge in [0.05, 0.1) is 0 Å². The van der Waals surface area contributed by atoms with Crippen LogP contribution >= 0.6 is 11.6 Å². The van der Waals surface area contributed by atoms with Crippen molar-refractivity contribution in [3.05, 3.63) is 29.3 Å². The monoisotopic (exact) mass is 310 g/mol. The van der Waals surface area contributed by atoms with Crippen molar-refractivity contribution in [2.75, 3.05) is 24.5 Å². The van der Waals surface area contributed by atoms with Gasteiger partial charge in [0.1, 0.15) is 12.1 Å². The quantitative estimate of drug-likeness (QED) is 0.801. The minimum Gasteiger partial charge on any atom is -0.444 e. The third-order valence-electron chi connectivity index (χ3n) is 3.01. The van der Waals surface area contributed by atoms with Gasteiger partial charge in [-0.3, -0.25) is 9.69 Å². The van der Waals surface area contributed by atoms with Crippen molar-refractivity contribution in [1.29, 1.82) is 0 Å². The molecule has 1 aliphatic rings. The van der Waals surface area contributed by atoms with E-state index in [1.807, 2.05) is 0 Å². The smallest absolute Gasteiger partial charge is 0.410 e. The summed E-state index contributed by atoms with van der Waals surface area (Å²) in [7, 11) is 0. The molecule has 0 aromatic heterocycles. The normalized spacial score (nSPS) is 16.1. The van der Waals surface area contributed by atoms with E-state index in [1.165, 1.54) is 4.90 Å².